The summed E-state index contributed by atoms with van der Waals surface area (Å²) in [5.41, 5.74) is 1.27. The van der Waals surface area contributed by atoms with Crippen molar-refractivity contribution in [2.75, 3.05) is 6.54 Å². The SMILES string of the molecule is CC(C)CNCc1ccc(Sc2ccc(Cl)cn2)c(Br)c1. The van der Waals surface area contributed by atoms with E-state index in [1.165, 1.54) is 5.56 Å². The van der Waals surface area contributed by atoms with Crippen molar-refractivity contribution in [2.24, 2.45) is 5.92 Å². The van der Waals surface area contributed by atoms with E-state index in [1.807, 2.05) is 12.1 Å². The first-order valence-corrected chi connectivity index (χ1v) is 8.82. The van der Waals surface area contributed by atoms with Crippen molar-refractivity contribution < 1.29 is 0 Å². The molecule has 0 spiro atoms. The quantitative estimate of drug-likeness (QED) is 0.721. The molecule has 0 radical (unpaired) electrons. The van der Waals surface area contributed by atoms with E-state index < -0.39 is 0 Å². The van der Waals surface area contributed by atoms with E-state index in [1.54, 1.807) is 18.0 Å². The highest BCUT2D eigenvalue weighted by atomic mass is 79.9. The normalized spacial score (nSPS) is 11.1. The van der Waals surface area contributed by atoms with E-state index in [-0.39, 0.29) is 0 Å². The highest BCUT2D eigenvalue weighted by Gasteiger charge is 2.05. The zero-order chi connectivity index (χ0) is 15.2. The Kier molecular flexibility index (Phi) is 6.55. The van der Waals surface area contributed by atoms with Crippen LogP contribution in [0.3, 0.4) is 0 Å². The van der Waals surface area contributed by atoms with Gasteiger partial charge < -0.3 is 5.32 Å². The van der Waals surface area contributed by atoms with Crippen molar-refractivity contribution in [3.63, 3.8) is 0 Å². The van der Waals surface area contributed by atoms with E-state index in [9.17, 15) is 0 Å². The van der Waals surface area contributed by atoms with Gasteiger partial charge >= 0.3 is 0 Å². The van der Waals surface area contributed by atoms with Crippen molar-refractivity contribution in [1.82, 2.24) is 10.3 Å². The second-order valence-electron chi connectivity index (χ2n) is 5.21. The molecule has 0 unspecified atom stereocenters. The Balaban J connectivity index is 2.00. The molecule has 0 saturated carbocycles. The van der Waals surface area contributed by atoms with Gasteiger partial charge in [-0.2, -0.15) is 0 Å². The number of hydrogen-bond acceptors (Lipinski definition) is 3. The van der Waals surface area contributed by atoms with Gasteiger partial charge in [-0.3, -0.25) is 0 Å². The lowest BCUT2D eigenvalue weighted by atomic mass is 10.2. The monoisotopic (exact) mass is 384 g/mol. The molecule has 0 aliphatic heterocycles. The van der Waals surface area contributed by atoms with Gasteiger partial charge in [-0.25, -0.2) is 4.98 Å². The minimum absolute atomic E-state index is 0.657. The number of benzene rings is 1. The summed E-state index contributed by atoms with van der Waals surface area (Å²) >= 11 is 11.1. The summed E-state index contributed by atoms with van der Waals surface area (Å²) in [7, 11) is 0. The number of rotatable bonds is 6. The first kappa shape index (κ1) is 16.8. The second-order valence-corrected chi connectivity index (χ2v) is 7.56. The highest BCUT2D eigenvalue weighted by molar-refractivity contribution is 9.10. The van der Waals surface area contributed by atoms with Gasteiger partial charge in [0.05, 0.1) is 5.02 Å². The third kappa shape index (κ3) is 5.62. The fourth-order valence-electron chi connectivity index (χ4n) is 1.78. The lowest BCUT2D eigenvalue weighted by Gasteiger charge is -2.09. The summed E-state index contributed by atoms with van der Waals surface area (Å²) < 4.78 is 1.09. The van der Waals surface area contributed by atoms with E-state index in [2.05, 4.69) is 58.3 Å². The Morgan fingerprint density at radius 2 is 2.10 bits per heavy atom. The van der Waals surface area contributed by atoms with Crippen LogP contribution in [0, 0.1) is 5.92 Å². The summed E-state index contributed by atoms with van der Waals surface area (Å²) in [6.07, 6.45) is 1.67. The topological polar surface area (TPSA) is 24.9 Å². The van der Waals surface area contributed by atoms with Crippen LogP contribution in [0.25, 0.3) is 0 Å². The summed E-state index contributed by atoms with van der Waals surface area (Å²) in [6, 6.07) is 10.2. The van der Waals surface area contributed by atoms with Gasteiger partial charge in [-0.05, 0) is 58.2 Å². The zero-order valence-corrected chi connectivity index (χ0v) is 15.2. The van der Waals surface area contributed by atoms with Crippen molar-refractivity contribution in [3.8, 4) is 0 Å². The first-order chi connectivity index (χ1) is 10.0. The largest absolute Gasteiger partial charge is 0.312 e. The van der Waals surface area contributed by atoms with E-state index in [0.717, 1.165) is 27.5 Å². The van der Waals surface area contributed by atoms with Crippen LogP contribution >= 0.6 is 39.3 Å². The molecule has 1 heterocycles. The molecule has 0 amide bonds. The Hall–Kier alpha value is -0.550. The second kappa shape index (κ2) is 8.18. The van der Waals surface area contributed by atoms with Gasteiger partial charge in [-0.15, -0.1) is 0 Å². The molecule has 5 heteroatoms. The number of nitrogens with zero attached hydrogens (tertiary/aromatic N) is 1. The Morgan fingerprint density at radius 1 is 1.29 bits per heavy atom. The average molecular weight is 386 g/mol. The van der Waals surface area contributed by atoms with Crippen LogP contribution in [-0.4, -0.2) is 11.5 Å². The van der Waals surface area contributed by atoms with Crippen molar-refractivity contribution in [3.05, 3.63) is 51.6 Å². The van der Waals surface area contributed by atoms with Crippen LogP contribution in [0.5, 0.6) is 0 Å². The number of halogens is 2. The molecule has 2 nitrogen and oxygen atoms in total. The minimum atomic E-state index is 0.657. The zero-order valence-electron chi connectivity index (χ0n) is 12.1. The number of aromatic nitrogens is 1. The molecule has 2 rings (SSSR count). The predicted octanol–water partition coefficient (Wildman–Crippen LogP) is 5.39. The summed E-state index contributed by atoms with van der Waals surface area (Å²) in [4.78, 5) is 5.45. The minimum Gasteiger partial charge on any atom is -0.312 e. The smallest absolute Gasteiger partial charge is 0.101 e. The molecule has 0 atom stereocenters. The average Bonchev–Trinajstić information content (AvgIpc) is 2.44. The maximum absolute atomic E-state index is 5.85. The lowest BCUT2D eigenvalue weighted by molar-refractivity contribution is 0.552. The van der Waals surface area contributed by atoms with Crippen LogP contribution in [0.1, 0.15) is 19.4 Å². The van der Waals surface area contributed by atoms with Gasteiger partial charge in [0.15, 0.2) is 0 Å². The van der Waals surface area contributed by atoms with Crippen molar-refractivity contribution >= 4 is 39.3 Å². The summed E-state index contributed by atoms with van der Waals surface area (Å²) in [5.74, 6) is 0.666. The molecule has 0 aliphatic rings. The van der Waals surface area contributed by atoms with Crippen molar-refractivity contribution in [2.45, 2.75) is 30.3 Å². The summed E-state index contributed by atoms with van der Waals surface area (Å²) in [5, 5.41) is 5.04. The van der Waals surface area contributed by atoms with Gasteiger partial charge in [0.1, 0.15) is 5.03 Å². The maximum Gasteiger partial charge on any atom is 0.101 e. The molecule has 0 saturated heterocycles. The fraction of sp³-hybridized carbons (Fsp3) is 0.312. The number of pyridine rings is 1. The Labute approximate surface area is 143 Å². The third-order valence-electron chi connectivity index (χ3n) is 2.79. The lowest BCUT2D eigenvalue weighted by Crippen LogP contribution is -2.18. The molecule has 112 valence electrons. The van der Waals surface area contributed by atoms with Gasteiger partial charge in [0, 0.05) is 22.1 Å². The molecular formula is C16H18BrClN2S. The Bertz CT molecular complexity index is 587. The molecule has 1 aromatic heterocycles. The highest BCUT2D eigenvalue weighted by Crippen LogP contribution is 2.33. The predicted molar refractivity (Wildman–Crippen MR) is 94.1 cm³/mol. The molecule has 21 heavy (non-hydrogen) atoms. The molecule has 1 aromatic carbocycles. The van der Waals surface area contributed by atoms with Gasteiger partial charge in [-0.1, -0.05) is 43.3 Å². The van der Waals surface area contributed by atoms with Crippen LogP contribution in [0.4, 0.5) is 0 Å². The van der Waals surface area contributed by atoms with Crippen LogP contribution in [0.2, 0.25) is 5.02 Å². The summed E-state index contributed by atoms with van der Waals surface area (Å²) in [6.45, 7) is 6.34. The van der Waals surface area contributed by atoms with Crippen LogP contribution < -0.4 is 5.32 Å². The maximum atomic E-state index is 5.85. The van der Waals surface area contributed by atoms with E-state index >= 15 is 0 Å². The molecule has 2 aromatic rings. The van der Waals surface area contributed by atoms with E-state index in [0.29, 0.717) is 10.9 Å². The fourth-order valence-corrected chi connectivity index (χ4v) is 3.32. The molecule has 1 N–H and O–H groups in total. The molecular weight excluding hydrogens is 368 g/mol. The first-order valence-electron chi connectivity index (χ1n) is 6.83. The van der Waals surface area contributed by atoms with Crippen molar-refractivity contribution in [1.29, 1.82) is 0 Å². The van der Waals surface area contributed by atoms with E-state index in [4.69, 9.17) is 11.6 Å². The van der Waals surface area contributed by atoms with Crippen LogP contribution in [-0.2, 0) is 6.54 Å². The Morgan fingerprint density at radius 3 is 2.71 bits per heavy atom. The third-order valence-corrected chi connectivity index (χ3v) is 4.96. The van der Waals surface area contributed by atoms with Gasteiger partial charge in [0.2, 0.25) is 0 Å². The van der Waals surface area contributed by atoms with Crippen LogP contribution in [0.15, 0.2) is 50.9 Å². The molecule has 0 bridgehead atoms. The molecule has 0 aliphatic carbocycles. The standard InChI is InChI=1S/C16H18BrClN2S/c1-11(2)8-19-9-12-3-5-15(14(17)7-12)21-16-6-4-13(18)10-20-16/h3-7,10-11,19H,8-9H2,1-2H3. The number of hydrogen-bond donors (Lipinski definition) is 1. The molecule has 0 fully saturated rings. The van der Waals surface area contributed by atoms with Gasteiger partial charge in [0.25, 0.3) is 0 Å². The number of nitrogens with one attached hydrogen (secondary N) is 1.